The van der Waals surface area contributed by atoms with Crippen LogP contribution in [0.25, 0.3) is 0 Å². The first-order valence-corrected chi connectivity index (χ1v) is 3.62. The summed E-state index contributed by atoms with van der Waals surface area (Å²) in [5.41, 5.74) is 1.00. The van der Waals surface area contributed by atoms with Crippen LogP contribution in [0.5, 0.6) is 5.75 Å². The Morgan fingerprint density at radius 3 is 2.58 bits per heavy atom. The van der Waals surface area contributed by atoms with Crippen LogP contribution in [-0.2, 0) is 11.3 Å². The van der Waals surface area contributed by atoms with Crippen molar-refractivity contribution >= 4 is 0 Å². The van der Waals surface area contributed by atoms with Crippen molar-refractivity contribution in [3.63, 3.8) is 0 Å². The summed E-state index contributed by atoms with van der Waals surface area (Å²) in [7, 11) is 0. The molecule has 0 aliphatic rings. The molecule has 0 aliphatic carbocycles. The van der Waals surface area contributed by atoms with E-state index >= 15 is 0 Å². The predicted octanol–water partition coefficient (Wildman–Crippen LogP) is 1.54. The molecule has 0 aliphatic heterocycles. The van der Waals surface area contributed by atoms with Crippen molar-refractivity contribution < 1.29 is 9.84 Å². The Morgan fingerprint density at radius 2 is 2.00 bits per heavy atom. The van der Waals surface area contributed by atoms with Gasteiger partial charge in [-0.05, 0) is 17.7 Å². The Labute approximate surface area is 71.8 Å². The molecule has 0 unspecified atom stereocenters. The van der Waals surface area contributed by atoms with Crippen molar-refractivity contribution in [2.24, 2.45) is 0 Å². The molecular weight excluding hydrogens is 152 g/mol. The quantitative estimate of drug-likeness (QED) is 0.539. The Kier molecular flexibility index (Phi) is 3.18. The van der Waals surface area contributed by atoms with E-state index in [0.717, 1.165) is 5.56 Å². The van der Waals surface area contributed by atoms with Crippen molar-refractivity contribution in [1.82, 2.24) is 0 Å². The van der Waals surface area contributed by atoms with Gasteiger partial charge in [0.1, 0.15) is 12.4 Å². The molecule has 0 radical (unpaired) electrons. The van der Waals surface area contributed by atoms with E-state index in [2.05, 4.69) is 5.92 Å². The number of benzene rings is 1. The van der Waals surface area contributed by atoms with Crippen molar-refractivity contribution in [2.45, 2.75) is 6.61 Å². The first-order valence-electron chi connectivity index (χ1n) is 3.62. The Bertz CT molecular complexity index is 269. The maximum Gasteiger partial charge on any atom is 0.115 e. The highest BCUT2D eigenvalue weighted by Gasteiger charge is 1.91. The molecule has 0 bridgehead atoms. The molecule has 1 N–H and O–H groups in total. The number of phenolic OH excluding ortho intramolecular Hbond substituents is 1. The molecule has 0 fully saturated rings. The predicted molar refractivity (Wildman–Crippen MR) is 46.6 cm³/mol. The summed E-state index contributed by atoms with van der Waals surface area (Å²) in [6.45, 7) is 0.811. The van der Waals surface area contributed by atoms with Crippen LogP contribution in [0.4, 0.5) is 0 Å². The largest absolute Gasteiger partial charge is 0.508 e. The molecule has 1 aromatic carbocycles. The van der Waals surface area contributed by atoms with Crippen molar-refractivity contribution in [2.75, 3.05) is 6.61 Å². The Hall–Kier alpha value is -1.46. The third kappa shape index (κ3) is 2.65. The fourth-order valence-corrected chi connectivity index (χ4v) is 0.820. The highest BCUT2D eigenvalue weighted by Crippen LogP contribution is 2.09. The van der Waals surface area contributed by atoms with Gasteiger partial charge in [0.05, 0.1) is 6.61 Å². The molecule has 1 aromatic rings. The zero-order valence-electron chi connectivity index (χ0n) is 6.66. The summed E-state index contributed by atoms with van der Waals surface area (Å²) in [5.74, 6) is 2.64. The number of ether oxygens (including phenoxy) is 1. The van der Waals surface area contributed by atoms with E-state index in [0.29, 0.717) is 13.2 Å². The third-order valence-corrected chi connectivity index (χ3v) is 1.39. The van der Waals surface area contributed by atoms with E-state index in [1.54, 1.807) is 24.3 Å². The van der Waals surface area contributed by atoms with Crippen LogP contribution in [-0.4, -0.2) is 11.7 Å². The minimum atomic E-state index is 0.260. The average Bonchev–Trinajstić information content (AvgIpc) is 2.09. The molecule has 0 saturated carbocycles. The lowest BCUT2D eigenvalue weighted by molar-refractivity contribution is 0.153. The van der Waals surface area contributed by atoms with Crippen LogP contribution in [0, 0.1) is 12.3 Å². The number of terminal acetylenes is 1. The molecule has 62 valence electrons. The molecule has 2 heteroatoms. The number of hydrogen-bond donors (Lipinski definition) is 1. The maximum absolute atomic E-state index is 8.96. The lowest BCUT2D eigenvalue weighted by Crippen LogP contribution is -1.91. The topological polar surface area (TPSA) is 29.5 Å². The molecule has 0 aromatic heterocycles. The minimum Gasteiger partial charge on any atom is -0.508 e. The van der Waals surface area contributed by atoms with Crippen molar-refractivity contribution in [3.05, 3.63) is 29.8 Å². The van der Waals surface area contributed by atoms with Gasteiger partial charge in [-0.1, -0.05) is 18.1 Å². The highest BCUT2D eigenvalue weighted by molar-refractivity contribution is 5.25. The molecule has 0 amide bonds. The van der Waals surface area contributed by atoms with Gasteiger partial charge in [0.15, 0.2) is 0 Å². The van der Waals surface area contributed by atoms with Crippen LogP contribution in [0.3, 0.4) is 0 Å². The Morgan fingerprint density at radius 1 is 1.33 bits per heavy atom. The van der Waals surface area contributed by atoms with E-state index < -0.39 is 0 Å². The van der Waals surface area contributed by atoms with E-state index in [-0.39, 0.29) is 5.75 Å². The van der Waals surface area contributed by atoms with E-state index in [1.165, 1.54) is 0 Å². The zero-order chi connectivity index (χ0) is 8.81. The summed E-state index contributed by atoms with van der Waals surface area (Å²) in [6, 6.07) is 6.83. The molecule has 12 heavy (non-hydrogen) atoms. The second-order valence-corrected chi connectivity index (χ2v) is 2.36. The van der Waals surface area contributed by atoms with E-state index in [1.807, 2.05) is 0 Å². The smallest absolute Gasteiger partial charge is 0.115 e. The first kappa shape index (κ1) is 8.63. The van der Waals surface area contributed by atoms with E-state index in [9.17, 15) is 0 Å². The van der Waals surface area contributed by atoms with Gasteiger partial charge in [-0.15, -0.1) is 6.42 Å². The summed E-state index contributed by atoms with van der Waals surface area (Å²) in [6.07, 6.45) is 5.00. The van der Waals surface area contributed by atoms with Crippen LogP contribution in [0.2, 0.25) is 0 Å². The molecule has 0 spiro atoms. The van der Waals surface area contributed by atoms with Crippen LogP contribution in [0.1, 0.15) is 5.56 Å². The second kappa shape index (κ2) is 4.42. The van der Waals surface area contributed by atoms with Gasteiger partial charge in [-0.25, -0.2) is 0 Å². The molecule has 0 atom stereocenters. The summed E-state index contributed by atoms with van der Waals surface area (Å²) >= 11 is 0. The fourth-order valence-electron chi connectivity index (χ4n) is 0.820. The van der Waals surface area contributed by atoms with Crippen LogP contribution in [0.15, 0.2) is 24.3 Å². The Balaban J connectivity index is 2.43. The molecule has 0 saturated heterocycles. The molecule has 0 heterocycles. The summed E-state index contributed by atoms with van der Waals surface area (Å²) < 4.78 is 5.09. The second-order valence-electron chi connectivity index (χ2n) is 2.36. The molecule has 2 nitrogen and oxygen atoms in total. The molecule has 1 rings (SSSR count). The van der Waals surface area contributed by atoms with Gasteiger partial charge >= 0.3 is 0 Å². The van der Waals surface area contributed by atoms with Crippen molar-refractivity contribution in [3.8, 4) is 18.1 Å². The van der Waals surface area contributed by atoms with Crippen LogP contribution < -0.4 is 0 Å². The van der Waals surface area contributed by atoms with Gasteiger partial charge in [-0.3, -0.25) is 0 Å². The normalized spacial score (nSPS) is 9.25. The van der Waals surface area contributed by atoms with Gasteiger partial charge in [-0.2, -0.15) is 0 Å². The van der Waals surface area contributed by atoms with Gasteiger partial charge in [0.2, 0.25) is 0 Å². The monoisotopic (exact) mass is 162 g/mol. The zero-order valence-corrected chi connectivity index (χ0v) is 6.66. The standard InChI is InChI=1S/C10H10O2/c1-2-7-12-8-9-3-5-10(11)6-4-9/h1,3-6,11H,7-8H2. The van der Waals surface area contributed by atoms with Crippen molar-refractivity contribution in [1.29, 1.82) is 0 Å². The van der Waals surface area contributed by atoms with Gasteiger partial charge in [0, 0.05) is 0 Å². The van der Waals surface area contributed by atoms with Crippen LogP contribution >= 0.6 is 0 Å². The molecular formula is C10H10O2. The number of phenols is 1. The van der Waals surface area contributed by atoms with Gasteiger partial charge in [0.25, 0.3) is 0 Å². The SMILES string of the molecule is C#CCOCc1ccc(O)cc1. The van der Waals surface area contributed by atoms with E-state index in [4.69, 9.17) is 16.3 Å². The average molecular weight is 162 g/mol. The number of hydrogen-bond acceptors (Lipinski definition) is 2. The highest BCUT2D eigenvalue weighted by atomic mass is 16.5. The third-order valence-electron chi connectivity index (χ3n) is 1.39. The summed E-state index contributed by atoms with van der Waals surface area (Å²) in [5, 5.41) is 8.96. The first-order chi connectivity index (χ1) is 5.83. The number of rotatable bonds is 3. The number of aromatic hydroxyl groups is 1. The van der Waals surface area contributed by atoms with Gasteiger partial charge < -0.3 is 9.84 Å². The maximum atomic E-state index is 8.96. The summed E-state index contributed by atoms with van der Waals surface area (Å²) in [4.78, 5) is 0. The lowest BCUT2D eigenvalue weighted by Gasteiger charge is -2.00. The lowest BCUT2D eigenvalue weighted by atomic mass is 10.2. The minimum absolute atomic E-state index is 0.260. The fraction of sp³-hybridized carbons (Fsp3) is 0.200.